The molecule has 1 rings (SSSR count). The van der Waals surface area contributed by atoms with Gasteiger partial charge in [0.15, 0.2) is 0 Å². The van der Waals surface area contributed by atoms with Crippen LogP contribution in [0.5, 0.6) is 0 Å². The van der Waals surface area contributed by atoms with Crippen LogP contribution >= 0.6 is 0 Å². The van der Waals surface area contributed by atoms with Crippen molar-refractivity contribution in [2.45, 2.75) is 25.9 Å². The zero-order valence-electron chi connectivity index (χ0n) is 7.04. The van der Waals surface area contributed by atoms with Gasteiger partial charge in [0.1, 0.15) is 11.9 Å². The third kappa shape index (κ3) is 5.67. The van der Waals surface area contributed by atoms with Crippen molar-refractivity contribution in [3.05, 3.63) is 0 Å². The topological polar surface area (TPSA) is 96.4 Å². The third-order valence-corrected chi connectivity index (χ3v) is 1.28. The minimum atomic E-state index is -0.833. The van der Waals surface area contributed by atoms with E-state index < -0.39 is 5.97 Å². The van der Waals surface area contributed by atoms with E-state index in [1.165, 1.54) is 0 Å². The van der Waals surface area contributed by atoms with E-state index in [2.05, 4.69) is 0 Å². The lowest BCUT2D eigenvalue weighted by Crippen LogP contribution is -2.26. The van der Waals surface area contributed by atoms with Crippen LogP contribution in [0, 0.1) is 5.41 Å². The fourth-order valence-corrected chi connectivity index (χ4v) is 0.823. The van der Waals surface area contributed by atoms with Crippen LogP contribution in [0.2, 0.25) is 0 Å². The number of carboxylic acids is 1. The highest BCUT2D eigenvalue weighted by Gasteiger charge is 2.17. The molecule has 0 amide bonds. The molecule has 0 aromatic rings. The highest BCUT2D eigenvalue weighted by molar-refractivity contribution is 5.81. The third-order valence-electron chi connectivity index (χ3n) is 1.28. The van der Waals surface area contributed by atoms with Crippen molar-refractivity contribution in [1.29, 1.82) is 5.41 Å². The molecule has 1 fully saturated rings. The van der Waals surface area contributed by atoms with Crippen molar-refractivity contribution in [2.24, 2.45) is 5.73 Å². The number of nitrogens with one attached hydrogen (secondary N) is 1. The van der Waals surface area contributed by atoms with Crippen LogP contribution < -0.4 is 5.73 Å². The standard InChI is InChI=1S/C5H10N2O.C2H4O2/c6-5(7)4-2-1-3-8-4;1-2(3)4/h4H,1-3H2,(H3,6,7);1H3,(H,3,4). The minimum absolute atomic E-state index is 0.0741. The van der Waals surface area contributed by atoms with E-state index in [0.29, 0.717) is 0 Å². The zero-order valence-corrected chi connectivity index (χ0v) is 7.04. The number of rotatable bonds is 1. The molecule has 1 aliphatic rings. The highest BCUT2D eigenvalue weighted by atomic mass is 16.5. The molecule has 0 aliphatic carbocycles. The number of carbonyl (C=O) groups is 1. The van der Waals surface area contributed by atoms with E-state index in [9.17, 15) is 0 Å². The molecule has 70 valence electrons. The van der Waals surface area contributed by atoms with Gasteiger partial charge in [-0.1, -0.05) is 0 Å². The van der Waals surface area contributed by atoms with Gasteiger partial charge >= 0.3 is 0 Å². The molecule has 1 heterocycles. The van der Waals surface area contributed by atoms with Gasteiger partial charge in [-0.25, -0.2) is 0 Å². The second-order valence-corrected chi connectivity index (χ2v) is 2.48. The average Bonchev–Trinajstić information content (AvgIpc) is 2.34. The maximum Gasteiger partial charge on any atom is 0.300 e. The Morgan fingerprint density at radius 1 is 1.75 bits per heavy atom. The van der Waals surface area contributed by atoms with Gasteiger partial charge in [0, 0.05) is 13.5 Å². The number of aliphatic carboxylic acids is 1. The van der Waals surface area contributed by atoms with Gasteiger partial charge in [0.25, 0.3) is 5.97 Å². The molecule has 4 N–H and O–H groups in total. The zero-order chi connectivity index (χ0) is 9.56. The largest absolute Gasteiger partial charge is 0.481 e. The van der Waals surface area contributed by atoms with Gasteiger partial charge < -0.3 is 15.6 Å². The second-order valence-electron chi connectivity index (χ2n) is 2.48. The van der Waals surface area contributed by atoms with Crippen LogP contribution in [0.15, 0.2) is 0 Å². The van der Waals surface area contributed by atoms with Crippen LogP contribution in [-0.2, 0) is 9.53 Å². The molecule has 5 nitrogen and oxygen atoms in total. The lowest BCUT2D eigenvalue weighted by molar-refractivity contribution is -0.134. The summed E-state index contributed by atoms with van der Waals surface area (Å²) in [5, 5.41) is 14.4. The maximum absolute atomic E-state index is 9.00. The Labute approximate surface area is 71.0 Å². The summed E-state index contributed by atoms with van der Waals surface area (Å²) >= 11 is 0. The molecule has 0 aromatic carbocycles. The van der Waals surface area contributed by atoms with Crippen molar-refractivity contribution in [3.8, 4) is 0 Å². The van der Waals surface area contributed by atoms with Gasteiger partial charge in [-0.15, -0.1) is 0 Å². The van der Waals surface area contributed by atoms with Gasteiger partial charge in [0.2, 0.25) is 0 Å². The lowest BCUT2D eigenvalue weighted by Gasteiger charge is -2.03. The SMILES string of the molecule is CC(=O)O.N=C(N)C1CCCO1. The van der Waals surface area contributed by atoms with E-state index in [-0.39, 0.29) is 11.9 Å². The molecule has 0 spiro atoms. The van der Waals surface area contributed by atoms with E-state index in [0.717, 1.165) is 26.4 Å². The van der Waals surface area contributed by atoms with Crippen molar-refractivity contribution in [2.75, 3.05) is 6.61 Å². The molecule has 0 radical (unpaired) electrons. The van der Waals surface area contributed by atoms with Crippen LogP contribution in [0.1, 0.15) is 19.8 Å². The molecule has 0 aromatic heterocycles. The van der Waals surface area contributed by atoms with Gasteiger partial charge in [-0.05, 0) is 12.8 Å². The molecule has 1 atom stereocenters. The smallest absolute Gasteiger partial charge is 0.300 e. The summed E-state index contributed by atoms with van der Waals surface area (Å²) in [6, 6.07) is 0. The number of carboxylic acid groups (broad SMARTS) is 1. The Balaban J connectivity index is 0.000000261. The molecule has 5 heteroatoms. The van der Waals surface area contributed by atoms with E-state index in [1.54, 1.807) is 0 Å². The van der Waals surface area contributed by atoms with Crippen molar-refractivity contribution < 1.29 is 14.6 Å². The minimum Gasteiger partial charge on any atom is -0.481 e. The summed E-state index contributed by atoms with van der Waals surface area (Å²) in [5.41, 5.74) is 5.16. The Morgan fingerprint density at radius 3 is 2.42 bits per heavy atom. The Morgan fingerprint density at radius 2 is 2.25 bits per heavy atom. The quantitative estimate of drug-likeness (QED) is 0.390. The van der Waals surface area contributed by atoms with Crippen LogP contribution in [-0.4, -0.2) is 29.6 Å². The maximum atomic E-state index is 9.00. The molecule has 0 bridgehead atoms. The normalized spacial score (nSPS) is 20.9. The predicted octanol–water partition coefficient (Wildman–Crippen LogP) is 0.192. The van der Waals surface area contributed by atoms with Crippen molar-refractivity contribution in [1.82, 2.24) is 0 Å². The van der Waals surface area contributed by atoms with Crippen LogP contribution in [0.25, 0.3) is 0 Å². The number of hydrogen-bond acceptors (Lipinski definition) is 3. The average molecular weight is 174 g/mol. The summed E-state index contributed by atoms with van der Waals surface area (Å²) in [6.45, 7) is 1.85. The predicted molar refractivity (Wildman–Crippen MR) is 44.2 cm³/mol. The molecule has 1 saturated heterocycles. The summed E-state index contributed by atoms with van der Waals surface area (Å²) in [7, 11) is 0. The number of hydrogen-bond donors (Lipinski definition) is 3. The first-order valence-corrected chi connectivity index (χ1v) is 3.69. The van der Waals surface area contributed by atoms with Crippen molar-refractivity contribution >= 4 is 11.8 Å². The molecule has 1 aliphatic heterocycles. The first-order valence-electron chi connectivity index (χ1n) is 3.69. The fraction of sp³-hybridized carbons (Fsp3) is 0.714. The van der Waals surface area contributed by atoms with Crippen molar-refractivity contribution in [3.63, 3.8) is 0 Å². The second kappa shape index (κ2) is 5.54. The molecule has 12 heavy (non-hydrogen) atoms. The van der Waals surface area contributed by atoms with E-state index in [1.807, 2.05) is 0 Å². The van der Waals surface area contributed by atoms with Crippen LogP contribution in [0.4, 0.5) is 0 Å². The first-order chi connectivity index (χ1) is 5.54. The van der Waals surface area contributed by atoms with E-state index >= 15 is 0 Å². The van der Waals surface area contributed by atoms with Gasteiger partial charge in [-0.2, -0.15) is 0 Å². The summed E-state index contributed by atoms with van der Waals surface area (Å²) < 4.78 is 5.06. The number of ether oxygens (including phenoxy) is 1. The van der Waals surface area contributed by atoms with Gasteiger partial charge in [0.05, 0.1) is 0 Å². The summed E-state index contributed by atoms with van der Waals surface area (Å²) in [5.74, 6) is -0.664. The fourth-order valence-electron chi connectivity index (χ4n) is 0.823. The summed E-state index contributed by atoms with van der Waals surface area (Å²) in [4.78, 5) is 9.00. The van der Waals surface area contributed by atoms with E-state index in [4.69, 9.17) is 25.8 Å². The Bertz CT molecular complexity index is 160. The van der Waals surface area contributed by atoms with Gasteiger partial charge in [-0.3, -0.25) is 10.2 Å². The highest BCUT2D eigenvalue weighted by Crippen LogP contribution is 2.10. The summed E-state index contributed by atoms with van der Waals surface area (Å²) in [6.07, 6.45) is 1.90. The molecule has 0 saturated carbocycles. The number of nitrogens with two attached hydrogens (primary N) is 1. The number of amidine groups is 1. The monoisotopic (exact) mass is 174 g/mol. The first kappa shape index (κ1) is 10.9. The Kier molecular flexibility index (Phi) is 5.03. The van der Waals surface area contributed by atoms with Crippen LogP contribution in [0.3, 0.4) is 0 Å². The molecular weight excluding hydrogens is 160 g/mol. The molecule has 1 unspecified atom stereocenters. The Hall–Kier alpha value is -1.10. The molecular formula is C7H14N2O3. The lowest BCUT2D eigenvalue weighted by atomic mass is 10.2.